The zero-order valence-electron chi connectivity index (χ0n) is 18.3. The Morgan fingerprint density at radius 2 is 2.00 bits per heavy atom. The highest BCUT2D eigenvalue weighted by atomic mass is 19.1. The van der Waals surface area contributed by atoms with E-state index in [1.165, 1.54) is 4.80 Å². The number of fused-ring (bicyclic) bond motifs is 2. The molecule has 3 fully saturated rings. The van der Waals surface area contributed by atoms with Crippen molar-refractivity contribution in [1.29, 1.82) is 0 Å². The highest BCUT2D eigenvalue weighted by molar-refractivity contribution is 5.70. The Bertz CT molecular complexity index is 1150. The van der Waals surface area contributed by atoms with Crippen molar-refractivity contribution in [1.82, 2.24) is 40.7 Å². The van der Waals surface area contributed by atoms with Gasteiger partial charge in [-0.2, -0.15) is 4.80 Å². The summed E-state index contributed by atoms with van der Waals surface area (Å²) in [5.74, 6) is 1.34. The van der Waals surface area contributed by atoms with Gasteiger partial charge < -0.3 is 15.3 Å². The first kappa shape index (κ1) is 20.4. The summed E-state index contributed by atoms with van der Waals surface area (Å²) in [5.41, 5.74) is 1.10. The lowest BCUT2D eigenvalue weighted by Crippen LogP contribution is -2.62. The van der Waals surface area contributed by atoms with Crippen molar-refractivity contribution < 1.29 is 9.50 Å². The number of anilines is 1. The summed E-state index contributed by atoms with van der Waals surface area (Å²) < 4.78 is 15.4. The summed E-state index contributed by atoms with van der Waals surface area (Å²) in [7, 11) is 1.68. The number of benzene rings is 1. The predicted octanol–water partition coefficient (Wildman–Crippen LogP) is 2.02. The van der Waals surface area contributed by atoms with Crippen LogP contribution in [-0.4, -0.2) is 70.8 Å². The molecule has 4 atom stereocenters. The Kier molecular flexibility index (Phi) is 4.93. The van der Waals surface area contributed by atoms with Crippen LogP contribution in [0.5, 0.6) is 5.75 Å². The molecule has 0 amide bonds. The minimum atomic E-state index is -0.935. The Balaban J connectivity index is 1.26. The Morgan fingerprint density at radius 3 is 2.70 bits per heavy atom. The number of rotatable bonds is 5. The van der Waals surface area contributed by atoms with Crippen molar-refractivity contribution in [2.75, 3.05) is 4.90 Å². The van der Waals surface area contributed by atoms with Crippen LogP contribution in [0.2, 0.25) is 0 Å². The van der Waals surface area contributed by atoms with E-state index >= 15 is 4.39 Å². The van der Waals surface area contributed by atoms with E-state index in [0.717, 1.165) is 38.5 Å². The van der Waals surface area contributed by atoms with E-state index in [2.05, 4.69) is 40.8 Å². The van der Waals surface area contributed by atoms with Crippen LogP contribution in [-0.2, 0) is 7.05 Å². The van der Waals surface area contributed by atoms with E-state index in [1.54, 1.807) is 31.4 Å². The van der Waals surface area contributed by atoms with Gasteiger partial charge in [0, 0.05) is 23.7 Å². The third-order valence-corrected chi connectivity index (χ3v) is 6.91. The average Bonchev–Trinajstić information content (AvgIpc) is 3.57. The van der Waals surface area contributed by atoms with Gasteiger partial charge in [0.05, 0.1) is 24.8 Å². The zero-order valence-corrected chi connectivity index (χ0v) is 18.3. The molecule has 0 radical (unpaired) electrons. The molecule has 0 spiro atoms. The van der Waals surface area contributed by atoms with Crippen molar-refractivity contribution >= 4 is 5.82 Å². The van der Waals surface area contributed by atoms with Crippen LogP contribution in [0.15, 0.2) is 24.4 Å². The number of halogens is 1. The summed E-state index contributed by atoms with van der Waals surface area (Å²) in [4.78, 5) is 7.95. The first-order valence-corrected chi connectivity index (χ1v) is 11.5. The molecule has 33 heavy (non-hydrogen) atoms. The summed E-state index contributed by atoms with van der Waals surface area (Å²) in [6.07, 6.45) is 6.63. The third kappa shape index (κ3) is 3.79. The Labute approximate surface area is 190 Å². The maximum absolute atomic E-state index is 15.4. The first-order chi connectivity index (χ1) is 16.1. The number of piperidine rings is 2. The highest BCUT2D eigenvalue weighted by Gasteiger charge is 2.46. The van der Waals surface area contributed by atoms with Crippen LogP contribution in [0, 0.1) is 0 Å². The van der Waals surface area contributed by atoms with Crippen LogP contribution in [0.3, 0.4) is 0 Å². The van der Waals surface area contributed by atoms with E-state index in [0.29, 0.717) is 40.7 Å². The zero-order chi connectivity index (χ0) is 22.5. The molecule has 2 N–H and O–H groups in total. The minimum Gasteiger partial charge on any atom is -0.507 e. The largest absolute Gasteiger partial charge is 0.507 e. The molecule has 1 aromatic carbocycles. The van der Waals surface area contributed by atoms with Gasteiger partial charge in [-0.25, -0.2) is 9.37 Å². The van der Waals surface area contributed by atoms with Gasteiger partial charge >= 0.3 is 0 Å². The molecule has 0 unspecified atom stereocenters. The first-order valence-electron chi connectivity index (χ1n) is 11.5. The fourth-order valence-electron chi connectivity index (χ4n) is 5.20. The van der Waals surface area contributed by atoms with Gasteiger partial charge in [-0.05, 0) is 49.5 Å². The molecule has 3 aromatic rings. The number of phenolic OH excluding ortho intramolecular Hbond substituents is 1. The van der Waals surface area contributed by atoms with E-state index in [1.807, 2.05) is 0 Å². The summed E-state index contributed by atoms with van der Waals surface area (Å²) in [5, 5.41) is 34.7. The van der Waals surface area contributed by atoms with Gasteiger partial charge in [0.1, 0.15) is 11.9 Å². The van der Waals surface area contributed by atoms with Gasteiger partial charge in [0.2, 0.25) is 5.82 Å². The van der Waals surface area contributed by atoms with E-state index in [4.69, 9.17) is 0 Å². The van der Waals surface area contributed by atoms with Crippen molar-refractivity contribution in [2.24, 2.45) is 7.05 Å². The second-order valence-electron chi connectivity index (χ2n) is 9.26. The SMILES string of the molecule is Cn1nnc(-c2ccc(-c3ncc(N(C4CC4)[C@H]4C[C@@H]5CCC[C@@H](N5)[C@H]4F)nn3)c(O)c2)n1. The quantitative estimate of drug-likeness (QED) is 0.601. The van der Waals surface area contributed by atoms with Gasteiger partial charge in [-0.1, -0.05) is 12.5 Å². The van der Waals surface area contributed by atoms with Crippen molar-refractivity contribution in [3.05, 3.63) is 24.4 Å². The minimum absolute atomic E-state index is 0.00329. The number of phenols is 1. The van der Waals surface area contributed by atoms with Crippen LogP contribution in [0.1, 0.15) is 38.5 Å². The molecule has 3 aliphatic rings. The molecular formula is C22H26FN9O. The van der Waals surface area contributed by atoms with E-state index < -0.39 is 6.17 Å². The monoisotopic (exact) mass is 451 g/mol. The number of hydrogen-bond acceptors (Lipinski definition) is 9. The molecule has 1 saturated carbocycles. The Hall–Kier alpha value is -3.21. The molecular weight excluding hydrogens is 425 g/mol. The normalized spacial score (nSPS) is 26.8. The molecule has 2 aromatic heterocycles. The highest BCUT2D eigenvalue weighted by Crippen LogP contribution is 2.39. The molecule has 2 saturated heterocycles. The average molecular weight is 452 g/mol. The summed E-state index contributed by atoms with van der Waals surface area (Å²) in [6.45, 7) is 0. The molecule has 2 bridgehead atoms. The maximum Gasteiger partial charge on any atom is 0.205 e. The van der Waals surface area contributed by atoms with Gasteiger partial charge in [0.25, 0.3) is 0 Å². The lowest BCUT2D eigenvalue weighted by molar-refractivity contribution is 0.104. The number of nitrogens with one attached hydrogen (secondary N) is 1. The van der Waals surface area contributed by atoms with Crippen molar-refractivity contribution in [3.8, 4) is 28.5 Å². The third-order valence-electron chi connectivity index (χ3n) is 6.91. The van der Waals surface area contributed by atoms with Gasteiger partial charge in [-0.3, -0.25) is 0 Å². The summed E-state index contributed by atoms with van der Waals surface area (Å²) >= 11 is 0. The number of alkyl halides is 1. The van der Waals surface area contributed by atoms with Crippen LogP contribution in [0.25, 0.3) is 22.8 Å². The standard InChI is InChI=1S/C22H26FN9O/c1-31-29-21(28-30-31)12-5-8-15(18(33)9-12)22-24-11-19(26-27-22)32(14-6-7-14)17-10-13-3-2-4-16(25-13)20(17)23/h5,8-9,11,13-14,16-17,20,25,33H,2-4,6-7,10H2,1H3/t13-,16+,17-,20+/m0/s1. The van der Waals surface area contributed by atoms with Crippen LogP contribution in [0.4, 0.5) is 10.2 Å². The second-order valence-corrected chi connectivity index (χ2v) is 9.26. The van der Waals surface area contributed by atoms with E-state index in [-0.39, 0.29) is 17.8 Å². The molecule has 4 heterocycles. The fraction of sp³-hybridized carbons (Fsp3) is 0.545. The van der Waals surface area contributed by atoms with Crippen molar-refractivity contribution in [2.45, 2.75) is 68.9 Å². The number of nitrogens with zero attached hydrogens (tertiary/aromatic N) is 8. The molecule has 2 aliphatic heterocycles. The molecule has 1 aliphatic carbocycles. The number of aromatic nitrogens is 7. The van der Waals surface area contributed by atoms with Gasteiger partial charge in [-0.15, -0.1) is 20.4 Å². The number of hydrogen-bond donors (Lipinski definition) is 2. The number of aromatic hydroxyl groups is 1. The van der Waals surface area contributed by atoms with Crippen LogP contribution >= 0.6 is 0 Å². The predicted molar refractivity (Wildman–Crippen MR) is 118 cm³/mol. The molecule has 11 heteroatoms. The van der Waals surface area contributed by atoms with E-state index in [9.17, 15) is 5.11 Å². The number of tetrazole rings is 1. The van der Waals surface area contributed by atoms with Crippen LogP contribution < -0.4 is 10.2 Å². The lowest BCUT2D eigenvalue weighted by Gasteiger charge is -2.47. The fourth-order valence-corrected chi connectivity index (χ4v) is 5.20. The van der Waals surface area contributed by atoms with Crippen molar-refractivity contribution in [3.63, 3.8) is 0 Å². The Morgan fingerprint density at radius 1 is 1.12 bits per heavy atom. The smallest absolute Gasteiger partial charge is 0.205 e. The second kappa shape index (κ2) is 7.98. The molecule has 10 nitrogen and oxygen atoms in total. The topological polar surface area (TPSA) is 118 Å². The summed E-state index contributed by atoms with van der Waals surface area (Å²) in [6, 6.07) is 5.42. The molecule has 172 valence electrons. The lowest BCUT2D eigenvalue weighted by atomic mass is 9.82. The number of aryl methyl sites for hydroxylation is 1. The van der Waals surface area contributed by atoms with Gasteiger partial charge in [0.15, 0.2) is 11.6 Å². The molecule has 6 rings (SSSR count). The maximum atomic E-state index is 15.4.